The van der Waals surface area contributed by atoms with Gasteiger partial charge in [0.05, 0.1) is 6.04 Å². The van der Waals surface area contributed by atoms with Crippen molar-refractivity contribution in [1.82, 2.24) is 9.88 Å². The third-order valence-corrected chi connectivity index (χ3v) is 4.96. The molecule has 1 atom stereocenters. The number of carbonyl (C=O) groups excluding carboxylic acids is 2. The van der Waals surface area contributed by atoms with Gasteiger partial charge in [-0.15, -0.1) is 0 Å². The highest BCUT2D eigenvalue weighted by Gasteiger charge is 2.19. The van der Waals surface area contributed by atoms with Gasteiger partial charge in [-0.25, -0.2) is 0 Å². The van der Waals surface area contributed by atoms with Crippen molar-refractivity contribution in [3.63, 3.8) is 0 Å². The van der Waals surface area contributed by atoms with Crippen LogP contribution in [0, 0.1) is 0 Å². The molecule has 27 heavy (non-hydrogen) atoms. The van der Waals surface area contributed by atoms with Crippen molar-refractivity contribution in [3.8, 4) is 0 Å². The maximum Gasteiger partial charge on any atom is 0.252 e. The van der Waals surface area contributed by atoms with Crippen molar-refractivity contribution in [1.29, 1.82) is 0 Å². The van der Waals surface area contributed by atoms with Crippen LogP contribution in [-0.2, 0) is 18.3 Å². The first-order chi connectivity index (χ1) is 13.2. The molecule has 0 aliphatic rings. The molecular weight excluding hydrogens is 336 g/mol. The first kappa shape index (κ1) is 17.0. The number of aryl methyl sites for hydroxylation is 1. The molecule has 1 unspecified atom stereocenters. The fourth-order valence-corrected chi connectivity index (χ4v) is 3.65. The van der Waals surface area contributed by atoms with Crippen LogP contribution in [0.2, 0.25) is 0 Å². The minimum absolute atomic E-state index is 0.231. The number of benzene rings is 3. The number of hydrogen-bond acceptors (Lipinski definition) is 2. The lowest BCUT2D eigenvalue weighted by Crippen LogP contribution is -2.37. The molecule has 0 bridgehead atoms. The lowest BCUT2D eigenvalue weighted by atomic mass is 10.0. The smallest absolute Gasteiger partial charge is 0.252 e. The van der Waals surface area contributed by atoms with E-state index < -0.39 is 6.04 Å². The van der Waals surface area contributed by atoms with E-state index in [0.717, 1.165) is 33.7 Å². The molecule has 0 spiro atoms. The molecule has 0 saturated heterocycles. The zero-order chi connectivity index (χ0) is 18.8. The van der Waals surface area contributed by atoms with Crippen LogP contribution in [0.1, 0.15) is 15.9 Å². The van der Waals surface area contributed by atoms with E-state index in [1.165, 1.54) is 0 Å². The van der Waals surface area contributed by atoms with Gasteiger partial charge < -0.3 is 14.7 Å². The Labute approximate surface area is 157 Å². The summed E-state index contributed by atoms with van der Waals surface area (Å²) in [6.07, 6.45) is 1.27. The number of amides is 1. The number of hydrogen-bond donors (Lipinski definition) is 1. The summed E-state index contributed by atoms with van der Waals surface area (Å²) in [6.45, 7) is 0. The topological polar surface area (TPSA) is 51.1 Å². The second-order valence-corrected chi connectivity index (χ2v) is 6.68. The number of aldehydes is 1. The SMILES string of the molecule is Cn1c2ccccc2c2c(C(=O)NC(C=O)Cc3ccccc3)cccc21. The van der Waals surface area contributed by atoms with Crippen LogP contribution >= 0.6 is 0 Å². The monoisotopic (exact) mass is 356 g/mol. The second-order valence-electron chi connectivity index (χ2n) is 6.68. The van der Waals surface area contributed by atoms with E-state index in [4.69, 9.17) is 0 Å². The van der Waals surface area contributed by atoms with Gasteiger partial charge in [-0.2, -0.15) is 0 Å². The number of rotatable bonds is 5. The Morgan fingerprint density at radius 2 is 1.67 bits per heavy atom. The van der Waals surface area contributed by atoms with Crippen LogP contribution in [0.5, 0.6) is 0 Å². The third kappa shape index (κ3) is 3.10. The number of nitrogens with zero attached hydrogens (tertiary/aromatic N) is 1. The van der Waals surface area contributed by atoms with Gasteiger partial charge in [-0.1, -0.05) is 54.6 Å². The van der Waals surface area contributed by atoms with Crippen molar-refractivity contribution >= 4 is 34.0 Å². The second kappa shape index (κ2) is 7.08. The van der Waals surface area contributed by atoms with Gasteiger partial charge in [-0.05, 0) is 30.2 Å². The van der Waals surface area contributed by atoms with Gasteiger partial charge in [0.2, 0.25) is 0 Å². The molecule has 4 nitrogen and oxygen atoms in total. The molecule has 134 valence electrons. The summed E-state index contributed by atoms with van der Waals surface area (Å²) in [6, 6.07) is 22.8. The van der Waals surface area contributed by atoms with Crippen molar-refractivity contribution in [3.05, 3.63) is 83.9 Å². The van der Waals surface area contributed by atoms with Crippen LogP contribution in [0.4, 0.5) is 0 Å². The van der Waals surface area contributed by atoms with Crippen LogP contribution in [0.3, 0.4) is 0 Å². The van der Waals surface area contributed by atoms with Crippen molar-refractivity contribution in [2.75, 3.05) is 0 Å². The predicted octanol–water partition coefficient (Wildman–Crippen LogP) is 3.87. The molecule has 0 fully saturated rings. The molecular formula is C23H20N2O2. The number of nitrogens with one attached hydrogen (secondary N) is 1. The number of aromatic nitrogens is 1. The van der Waals surface area contributed by atoms with E-state index in [1.54, 1.807) is 0 Å². The average molecular weight is 356 g/mol. The minimum atomic E-state index is -0.565. The quantitative estimate of drug-likeness (QED) is 0.552. The molecule has 0 aliphatic heterocycles. The summed E-state index contributed by atoms with van der Waals surface area (Å²) in [7, 11) is 2.00. The molecule has 0 radical (unpaired) electrons. The zero-order valence-electron chi connectivity index (χ0n) is 15.1. The molecule has 4 aromatic rings. The summed E-state index contributed by atoms with van der Waals surface area (Å²) in [5.74, 6) is -0.231. The Kier molecular flexibility index (Phi) is 4.47. The zero-order valence-corrected chi connectivity index (χ0v) is 15.1. The first-order valence-electron chi connectivity index (χ1n) is 8.95. The Bertz CT molecular complexity index is 1130. The predicted molar refractivity (Wildman–Crippen MR) is 108 cm³/mol. The number of para-hydroxylation sites is 1. The van der Waals surface area contributed by atoms with Crippen molar-refractivity contribution in [2.45, 2.75) is 12.5 Å². The molecule has 0 saturated carbocycles. The van der Waals surface area contributed by atoms with E-state index in [-0.39, 0.29) is 5.91 Å². The van der Waals surface area contributed by atoms with Crippen LogP contribution in [0.25, 0.3) is 21.8 Å². The van der Waals surface area contributed by atoms with Gasteiger partial charge in [0, 0.05) is 34.4 Å². The highest BCUT2D eigenvalue weighted by atomic mass is 16.2. The van der Waals surface area contributed by atoms with E-state index >= 15 is 0 Å². The number of carbonyl (C=O) groups is 2. The number of fused-ring (bicyclic) bond motifs is 3. The molecule has 1 amide bonds. The van der Waals surface area contributed by atoms with Gasteiger partial charge in [0.15, 0.2) is 0 Å². The lowest BCUT2D eigenvalue weighted by Gasteiger charge is -2.13. The summed E-state index contributed by atoms with van der Waals surface area (Å²) in [5, 5.41) is 4.83. The maximum absolute atomic E-state index is 13.0. The third-order valence-electron chi connectivity index (χ3n) is 4.96. The van der Waals surface area contributed by atoms with E-state index in [2.05, 4.69) is 9.88 Å². The Balaban J connectivity index is 1.70. The van der Waals surface area contributed by atoms with E-state index in [0.29, 0.717) is 12.0 Å². The fourth-order valence-electron chi connectivity index (χ4n) is 3.65. The highest BCUT2D eigenvalue weighted by Crippen LogP contribution is 2.30. The molecule has 3 aromatic carbocycles. The van der Waals surface area contributed by atoms with E-state index in [1.807, 2.05) is 79.8 Å². The normalized spacial score (nSPS) is 12.2. The average Bonchev–Trinajstić information content (AvgIpc) is 3.01. The van der Waals surface area contributed by atoms with Crippen molar-refractivity contribution in [2.24, 2.45) is 7.05 Å². The van der Waals surface area contributed by atoms with Gasteiger partial charge >= 0.3 is 0 Å². The highest BCUT2D eigenvalue weighted by molar-refractivity contribution is 6.18. The summed E-state index contributed by atoms with van der Waals surface area (Å²) in [5.41, 5.74) is 3.67. The first-order valence-corrected chi connectivity index (χ1v) is 8.95. The Morgan fingerprint density at radius 3 is 2.44 bits per heavy atom. The van der Waals surface area contributed by atoms with Crippen LogP contribution in [0.15, 0.2) is 72.8 Å². The van der Waals surface area contributed by atoms with Gasteiger partial charge in [0.25, 0.3) is 5.91 Å². The summed E-state index contributed by atoms with van der Waals surface area (Å²) in [4.78, 5) is 24.5. The standard InChI is InChI=1S/C23H20N2O2/c1-25-20-12-6-5-10-18(20)22-19(11-7-13-21(22)25)23(27)24-17(15-26)14-16-8-3-2-4-9-16/h2-13,15,17H,14H2,1H3,(H,24,27). The van der Waals surface area contributed by atoms with Crippen molar-refractivity contribution < 1.29 is 9.59 Å². The molecule has 1 heterocycles. The fraction of sp³-hybridized carbons (Fsp3) is 0.130. The summed E-state index contributed by atoms with van der Waals surface area (Å²) >= 11 is 0. The lowest BCUT2D eigenvalue weighted by molar-refractivity contribution is -0.109. The van der Waals surface area contributed by atoms with Gasteiger partial charge in [0.1, 0.15) is 6.29 Å². The molecule has 0 aliphatic carbocycles. The van der Waals surface area contributed by atoms with Crippen LogP contribution < -0.4 is 5.32 Å². The molecule has 1 N–H and O–H groups in total. The summed E-state index contributed by atoms with van der Waals surface area (Å²) < 4.78 is 2.09. The van der Waals surface area contributed by atoms with Gasteiger partial charge in [-0.3, -0.25) is 4.79 Å². The molecule has 1 aromatic heterocycles. The van der Waals surface area contributed by atoms with E-state index in [9.17, 15) is 9.59 Å². The molecule has 4 rings (SSSR count). The Morgan fingerprint density at radius 1 is 0.963 bits per heavy atom. The minimum Gasteiger partial charge on any atom is -0.344 e. The largest absolute Gasteiger partial charge is 0.344 e. The maximum atomic E-state index is 13.0. The molecule has 4 heteroatoms. The van der Waals surface area contributed by atoms with Crippen LogP contribution in [-0.4, -0.2) is 22.8 Å². The Hall–Kier alpha value is -3.40.